The molecule has 2 aromatic rings. The predicted molar refractivity (Wildman–Crippen MR) is 114 cm³/mol. The first-order chi connectivity index (χ1) is 13.6. The molecule has 0 radical (unpaired) electrons. The molecule has 4 heteroatoms. The molecule has 2 aromatic carbocycles. The Hall–Kier alpha value is -2.04. The first-order valence-corrected chi connectivity index (χ1v) is 10.4. The second-order valence-corrected chi connectivity index (χ2v) is 8.24. The minimum atomic E-state index is 0.388. The maximum absolute atomic E-state index is 6.17. The lowest BCUT2D eigenvalue weighted by Crippen LogP contribution is -2.38. The SMILES string of the molecule is COc1ccc(C2CN(C)Cc3cc(OCCCN4CCC4)c(C)cc32)cc1. The minimum absolute atomic E-state index is 0.388. The lowest BCUT2D eigenvalue weighted by molar-refractivity contribution is 0.165. The Morgan fingerprint density at radius 1 is 1.11 bits per heavy atom. The third-order valence-electron chi connectivity index (χ3n) is 6.09. The van der Waals surface area contributed by atoms with Gasteiger partial charge in [-0.3, -0.25) is 0 Å². The van der Waals surface area contributed by atoms with Crippen LogP contribution in [0.15, 0.2) is 36.4 Å². The molecular weight excluding hydrogens is 348 g/mol. The standard InChI is InChI=1S/C24H32N2O2/c1-18-14-22-20(15-24(18)28-13-5-12-26-10-4-11-26)16-25(2)17-23(22)19-6-8-21(27-3)9-7-19/h6-9,14-15,23H,4-5,10-13,16-17H2,1-3H3. The van der Waals surface area contributed by atoms with Gasteiger partial charge in [0, 0.05) is 25.6 Å². The van der Waals surface area contributed by atoms with Gasteiger partial charge in [-0.05, 0) is 80.4 Å². The molecule has 0 saturated carbocycles. The van der Waals surface area contributed by atoms with Gasteiger partial charge in [-0.2, -0.15) is 0 Å². The molecule has 0 spiro atoms. The number of aryl methyl sites for hydroxylation is 1. The molecule has 1 saturated heterocycles. The van der Waals surface area contributed by atoms with Crippen LogP contribution in [0.2, 0.25) is 0 Å². The summed E-state index contributed by atoms with van der Waals surface area (Å²) >= 11 is 0. The van der Waals surface area contributed by atoms with Crippen LogP contribution in [0.5, 0.6) is 11.5 Å². The number of ether oxygens (including phenoxy) is 2. The van der Waals surface area contributed by atoms with Gasteiger partial charge in [-0.25, -0.2) is 0 Å². The quantitative estimate of drug-likeness (QED) is 0.677. The third kappa shape index (κ3) is 4.18. The topological polar surface area (TPSA) is 24.9 Å². The number of methoxy groups -OCH3 is 1. The van der Waals surface area contributed by atoms with Gasteiger partial charge >= 0.3 is 0 Å². The summed E-state index contributed by atoms with van der Waals surface area (Å²) in [4.78, 5) is 4.90. The molecule has 2 aliphatic rings. The van der Waals surface area contributed by atoms with Crippen LogP contribution in [0.4, 0.5) is 0 Å². The van der Waals surface area contributed by atoms with Gasteiger partial charge < -0.3 is 19.3 Å². The number of hydrogen-bond donors (Lipinski definition) is 0. The van der Waals surface area contributed by atoms with Crippen LogP contribution in [0.3, 0.4) is 0 Å². The molecule has 4 rings (SSSR count). The van der Waals surface area contributed by atoms with Crippen LogP contribution in [0.1, 0.15) is 41.0 Å². The van der Waals surface area contributed by atoms with Crippen molar-refractivity contribution in [3.05, 3.63) is 58.7 Å². The first kappa shape index (κ1) is 19.3. The molecule has 1 atom stereocenters. The van der Waals surface area contributed by atoms with Gasteiger partial charge in [0.05, 0.1) is 13.7 Å². The monoisotopic (exact) mass is 380 g/mol. The van der Waals surface area contributed by atoms with Crippen LogP contribution in [-0.2, 0) is 6.54 Å². The molecule has 0 bridgehead atoms. The van der Waals surface area contributed by atoms with Crippen molar-refractivity contribution in [1.29, 1.82) is 0 Å². The van der Waals surface area contributed by atoms with Gasteiger partial charge in [-0.15, -0.1) is 0 Å². The van der Waals surface area contributed by atoms with Crippen molar-refractivity contribution in [2.75, 3.05) is 46.9 Å². The van der Waals surface area contributed by atoms with E-state index in [9.17, 15) is 0 Å². The van der Waals surface area contributed by atoms with Gasteiger partial charge in [-0.1, -0.05) is 18.2 Å². The second kappa shape index (κ2) is 8.54. The van der Waals surface area contributed by atoms with E-state index in [4.69, 9.17) is 9.47 Å². The fourth-order valence-corrected chi connectivity index (χ4v) is 4.33. The summed E-state index contributed by atoms with van der Waals surface area (Å²) in [6.07, 6.45) is 2.46. The van der Waals surface area contributed by atoms with Crippen LogP contribution in [-0.4, -0.2) is 56.7 Å². The summed E-state index contributed by atoms with van der Waals surface area (Å²) in [5.41, 5.74) is 5.41. The highest BCUT2D eigenvalue weighted by molar-refractivity contribution is 5.48. The van der Waals surface area contributed by atoms with Crippen molar-refractivity contribution >= 4 is 0 Å². The van der Waals surface area contributed by atoms with E-state index in [-0.39, 0.29) is 0 Å². The number of likely N-dealkylation sites (N-methyl/N-ethyl adjacent to an activating group) is 1. The van der Waals surface area contributed by atoms with E-state index in [1.807, 2.05) is 0 Å². The summed E-state index contributed by atoms with van der Waals surface area (Å²) in [6, 6.07) is 13.1. The molecule has 4 nitrogen and oxygen atoms in total. The van der Waals surface area contributed by atoms with Crippen LogP contribution in [0, 0.1) is 6.92 Å². The van der Waals surface area contributed by atoms with Crippen molar-refractivity contribution in [2.45, 2.75) is 32.2 Å². The number of hydrogen-bond acceptors (Lipinski definition) is 4. The number of likely N-dealkylation sites (tertiary alicyclic amines) is 1. The van der Waals surface area contributed by atoms with Gasteiger partial charge in [0.2, 0.25) is 0 Å². The molecule has 1 unspecified atom stereocenters. The predicted octanol–water partition coefficient (Wildman–Crippen LogP) is 4.06. The second-order valence-electron chi connectivity index (χ2n) is 8.24. The van der Waals surface area contributed by atoms with Crippen molar-refractivity contribution in [1.82, 2.24) is 9.80 Å². The van der Waals surface area contributed by atoms with E-state index >= 15 is 0 Å². The molecule has 1 fully saturated rings. The highest BCUT2D eigenvalue weighted by Crippen LogP contribution is 2.37. The van der Waals surface area contributed by atoms with E-state index in [1.54, 1.807) is 7.11 Å². The third-order valence-corrected chi connectivity index (χ3v) is 6.09. The summed E-state index contributed by atoms with van der Waals surface area (Å²) in [7, 11) is 3.92. The van der Waals surface area contributed by atoms with Gasteiger partial charge in [0.1, 0.15) is 11.5 Å². The lowest BCUT2D eigenvalue weighted by atomic mass is 9.83. The van der Waals surface area contributed by atoms with E-state index in [0.29, 0.717) is 5.92 Å². The molecule has 0 aromatic heterocycles. The minimum Gasteiger partial charge on any atom is -0.497 e. The molecule has 2 aliphatic heterocycles. The van der Waals surface area contributed by atoms with E-state index in [1.165, 1.54) is 41.8 Å². The zero-order valence-electron chi connectivity index (χ0n) is 17.4. The average Bonchev–Trinajstić information content (AvgIpc) is 2.66. The fraction of sp³-hybridized carbons (Fsp3) is 0.500. The summed E-state index contributed by atoms with van der Waals surface area (Å²) in [5, 5.41) is 0. The Kier molecular flexibility index (Phi) is 5.88. The maximum atomic E-state index is 6.17. The number of benzene rings is 2. The Morgan fingerprint density at radius 2 is 1.89 bits per heavy atom. The molecule has 2 heterocycles. The number of rotatable bonds is 7. The van der Waals surface area contributed by atoms with E-state index < -0.39 is 0 Å². The zero-order chi connectivity index (χ0) is 19.5. The van der Waals surface area contributed by atoms with Crippen LogP contribution >= 0.6 is 0 Å². The van der Waals surface area contributed by atoms with Crippen molar-refractivity contribution < 1.29 is 9.47 Å². The Balaban J connectivity index is 1.50. The highest BCUT2D eigenvalue weighted by atomic mass is 16.5. The number of fused-ring (bicyclic) bond motifs is 1. The lowest BCUT2D eigenvalue weighted by Gasteiger charge is -2.33. The van der Waals surface area contributed by atoms with Crippen molar-refractivity contribution in [3.8, 4) is 11.5 Å². The molecule has 0 N–H and O–H groups in total. The largest absolute Gasteiger partial charge is 0.497 e. The number of nitrogens with zero attached hydrogens (tertiary/aromatic N) is 2. The maximum Gasteiger partial charge on any atom is 0.122 e. The summed E-state index contributed by atoms with van der Waals surface area (Å²) in [5.74, 6) is 2.34. The van der Waals surface area contributed by atoms with Crippen LogP contribution in [0.25, 0.3) is 0 Å². The Bertz CT molecular complexity index is 799. The molecule has 0 aliphatic carbocycles. The van der Waals surface area contributed by atoms with Gasteiger partial charge in [0.15, 0.2) is 0 Å². The Morgan fingerprint density at radius 3 is 2.57 bits per heavy atom. The van der Waals surface area contributed by atoms with Crippen LogP contribution < -0.4 is 9.47 Å². The van der Waals surface area contributed by atoms with Crippen molar-refractivity contribution in [3.63, 3.8) is 0 Å². The molecule has 150 valence electrons. The fourth-order valence-electron chi connectivity index (χ4n) is 4.33. The smallest absolute Gasteiger partial charge is 0.122 e. The highest BCUT2D eigenvalue weighted by Gasteiger charge is 2.26. The summed E-state index contributed by atoms with van der Waals surface area (Å²) < 4.78 is 11.5. The Labute approximate surface area is 169 Å². The molecule has 28 heavy (non-hydrogen) atoms. The average molecular weight is 381 g/mol. The van der Waals surface area contributed by atoms with E-state index in [0.717, 1.165) is 44.2 Å². The van der Waals surface area contributed by atoms with E-state index in [2.05, 4.69) is 60.2 Å². The summed E-state index contributed by atoms with van der Waals surface area (Å²) in [6.45, 7) is 8.67. The molecule has 0 amide bonds. The van der Waals surface area contributed by atoms with Crippen molar-refractivity contribution in [2.24, 2.45) is 0 Å². The first-order valence-electron chi connectivity index (χ1n) is 10.4. The normalized spacial score (nSPS) is 19.8. The van der Waals surface area contributed by atoms with Gasteiger partial charge in [0.25, 0.3) is 0 Å². The molecular formula is C24H32N2O2. The zero-order valence-corrected chi connectivity index (χ0v) is 17.4.